The summed E-state index contributed by atoms with van der Waals surface area (Å²) in [6.07, 6.45) is 2.08. The second-order valence-corrected chi connectivity index (χ2v) is 6.10. The van der Waals surface area contributed by atoms with Gasteiger partial charge in [0, 0.05) is 44.5 Å². The third-order valence-electron chi connectivity index (χ3n) is 4.45. The molecule has 1 amide bonds. The predicted molar refractivity (Wildman–Crippen MR) is 101 cm³/mol. The molecule has 1 saturated heterocycles. The zero-order chi connectivity index (χ0) is 18.5. The fourth-order valence-electron chi connectivity index (χ4n) is 2.99. The van der Waals surface area contributed by atoms with Crippen molar-refractivity contribution in [1.29, 1.82) is 0 Å². The zero-order valence-corrected chi connectivity index (χ0v) is 14.7. The Morgan fingerprint density at radius 3 is 2.46 bits per heavy atom. The average molecular weight is 354 g/mol. The van der Waals surface area contributed by atoms with E-state index in [1.165, 1.54) is 0 Å². The number of benzene rings is 1. The van der Waals surface area contributed by atoms with Crippen molar-refractivity contribution in [2.24, 2.45) is 0 Å². The highest BCUT2D eigenvalue weighted by Crippen LogP contribution is 2.25. The highest BCUT2D eigenvalue weighted by Gasteiger charge is 2.20. The first-order valence-corrected chi connectivity index (χ1v) is 8.66. The lowest BCUT2D eigenvalue weighted by atomic mass is 10.1. The fourth-order valence-corrected chi connectivity index (χ4v) is 2.99. The Morgan fingerprint density at radius 2 is 1.85 bits per heavy atom. The van der Waals surface area contributed by atoms with Crippen LogP contribution in [0.2, 0.25) is 0 Å². The summed E-state index contributed by atoms with van der Waals surface area (Å²) < 4.78 is 0. The molecule has 0 atom stereocenters. The molecule has 7 heteroatoms. The molecule has 2 N–H and O–H groups in total. The maximum Gasteiger partial charge on any atom is 0.337 e. The van der Waals surface area contributed by atoms with Crippen LogP contribution in [-0.4, -0.2) is 48.1 Å². The van der Waals surface area contributed by atoms with Crippen molar-refractivity contribution in [1.82, 2.24) is 4.98 Å². The summed E-state index contributed by atoms with van der Waals surface area (Å²) in [6.45, 7) is 4.90. The van der Waals surface area contributed by atoms with Crippen LogP contribution in [0.15, 0.2) is 42.6 Å². The van der Waals surface area contributed by atoms with Gasteiger partial charge >= 0.3 is 5.97 Å². The number of aromatic carboxylic acids is 1. The van der Waals surface area contributed by atoms with Gasteiger partial charge in [-0.25, -0.2) is 9.78 Å². The number of nitrogens with one attached hydrogen (secondary N) is 1. The van der Waals surface area contributed by atoms with E-state index in [9.17, 15) is 14.7 Å². The Kier molecular flexibility index (Phi) is 5.36. The van der Waals surface area contributed by atoms with Gasteiger partial charge in [-0.2, -0.15) is 0 Å². The molecular formula is C19H22N4O3. The summed E-state index contributed by atoms with van der Waals surface area (Å²) in [5.74, 6) is -0.300. The van der Waals surface area contributed by atoms with Gasteiger partial charge in [0.1, 0.15) is 5.82 Å². The number of nitrogens with zero attached hydrogens (tertiary/aromatic N) is 3. The van der Waals surface area contributed by atoms with Crippen LogP contribution >= 0.6 is 0 Å². The smallest absolute Gasteiger partial charge is 0.337 e. The molecule has 2 heterocycles. The molecule has 0 saturated carbocycles. The number of carbonyl (C=O) groups excluding carboxylic acids is 1. The molecule has 0 bridgehead atoms. The number of carbonyl (C=O) groups is 2. The number of pyridine rings is 1. The van der Waals surface area contributed by atoms with E-state index >= 15 is 0 Å². The van der Waals surface area contributed by atoms with Gasteiger partial charge in [0.2, 0.25) is 5.91 Å². The van der Waals surface area contributed by atoms with E-state index < -0.39 is 5.97 Å². The number of rotatable bonds is 5. The Morgan fingerprint density at radius 1 is 1.12 bits per heavy atom. The van der Waals surface area contributed by atoms with Crippen molar-refractivity contribution >= 4 is 29.1 Å². The molecule has 1 fully saturated rings. The van der Waals surface area contributed by atoms with Crippen LogP contribution in [0.5, 0.6) is 0 Å². The van der Waals surface area contributed by atoms with Crippen LogP contribution in [0, 0.1) is 0 Å². The number of amides is 1. The molecule has 136 valence electrons. The molecule has 3 rings (SSSR count). The van der Waals surface area contributed by atoms with Gasteiger partial charge in [-0.3, -0.25) is 4.79 Å². The van der Waals surface area contributed by atoms with Crippen LogP contribution in [0.4, 0.5) is 17.2 Å². The normalized spacial score (nSPS) is 14.2. The number of anilines is 3. The lowest BCUT2D eigenvalue weighted by molar-refractivity contribution is -0.115. The minimum Gasteiger partial charge on any atom is -0.478 e. The number of aromatic nitrogens is 1. The van der Waals surface area contributed by atoms with Crippen LogP contribution in [-0.2, 0) is 4.79 Å². The van der Waals surface area contributed by atoms with Crippen LogP contribution < -0.4 is 15.1 Å². The summed E-state index contributed by atoms with van der Waals surface area (Å²) >= 11 is 0. The first kappa shape index (κ1) is 17.7. The van der Waals surface area contributed by atoms with Crippen molar-refractivity contribution in [2.45, 2.75) is 13.3 Å². The highest BCUT2D eigenvalue weighted by molar-refractivity contribution is 6.01. The Hall–Kier alpha value is -3.09. The first-order valence-electron chi connectivity index (χ1n) is 8.66. The minimum atomic E-state index is -1.05. The second-order valence-electron chi connectivity index (χ2n) is 6.10. The van der Waals surface area contributed by atoms with Crippen LogP contribution in [0.25, 0.3) is 0 Å². The lowest BCUT2D eigenvalue weighted by Crippen LogP contribution is -2.46. The summed E-state index contributed by atoms with van der Waals surface area (Å²) in [7, 11) is 0. The maximum atomic E-state index is 11.6. The van der Waals surface area contributed by atoms with Gasteiger partial charge in [-0.05, 0) is 30.3 Å². The van der Waals surface area contributed by atoms with E-state index in [2.05, 4.69) is 20.1 Å². The monoisotopic (exact) mass is 354 g/mol. The summed E-state index contributed by atoms with van der Waals surface area (Å²) in [5, 5.41) is 12.1. The molecule has 26 heavy (non-hydrogen) atoms. The number of carboxylic acid groups (broad SMARTS) is 1. The van der Waals surface area contributed by atoms with Crippen molar-refractivity contribution in [3.8, 4) is 0 Å². The average Bonchev–Trinajstić information content (AvgIpc) is 2.69. The molecule has 1 aliphatic rings. The van der Waals surface area contributed by atoms with E-state index in [4.69, 9.17) is 0 Å². The van der Waals surface area contributed by atoms with Crippen LogP contribution in [0.1, 0.15) is 23.7 Å². The molecule has 2 aromatic rings. The Bertz CT molecular complexity index is 787. The van der Waals surface area contributed by atoms with E-state index in [1.807, 2.05) is 24.3 Å². The van der Waals surface area contributed by atoms with Crippen LogP contribution in [0.3, 0.4) is 0 Å². The van der Waals surface area contributed by atoms with Gasteiger partial charge in [-0.15, -0.1) is 0 Å². The lowest BCUT2D eigenvalue weighted by Gasteiger charge is -2.36. The number of hydrogen-bond acceptors (Lipinski definition) is 5. The van der Waals surface area contributed by atoms with E-state index in [0.717, 1.165) is 37.7 Å². The van der Waals surface area contributed by atoms with Gasteiger partial charge in [0.25, 0.3) is 0 Å². The maximum absolute atomic E-state index is 11.6. The summed E-state index contributed by atoms with van der Waals surface area (Å²) in [5.41, 5.74) is 1.29. The number of carboxylic acids is 1. The molecule has 0 unspecified atom stereocenters. The Balaban J connectivity index is 1.73. The Labute approximate surface area is 152 Å². The van der Waals surface area contributed by atoms with Crippen molar-refractivity contribution in [2.75, 3.05) is 41.3 Å². The molecular weight excluding hydrogens is 332 g/mol. The SMILES string of the molecule is CCC(=O)Nc1ccc(N2CCN(c3ccccn3)CC2)cc1C(=O)O. The summed E-state index contributed by atoms with van der Waals surface area (Å²) in [6, 6.07) is 11.0. The molecule has 1 aromatic heterocycles. The molecule has 1 aliphatic heterocycles. The minimum absolute atomic E-state index is 0.108. The van der Waals surface area contributed by atoms with E-state index in [-0.39, 0.29) is 11.5 Å². The third kappa shape index (κ3) is 3.93. The largest absolute Gasteiger partial charge is 0.478 e. The zero-order valence-electron chi connectivity index (χ0n) is 14.7. The van der Waals surface area contributed by atoms with Gasteiger partial charge in [0.05, 0.1) is 11.3 Å². The van der Waals surface area contributed by atoms with Gasteiger partial charge in [-0.1, -0.05) is 13.0 Å². The second kappa shape index (κ2) is 7.86. The fraction of sp³-hybridized carbons (Fsp3) is 0.316. The van der Waals surface area contributed by atoms with Gasteiger partial charge in [0.15, 0.2) is 0 Å². The van der Waals surface area contributed by atoms with E-state index in [1.54, 1.807) is 25.3 Å². The molecule has 0 aliphatic carbocycles. The predicted octanol–water partition coefficient (Wildman–Crippen LogP) is 2.45. The highest BCUT2D eigenvalue weighted by atomic mass is 16.4. The number of hydrogen-bond donors (Lipinski definition) is 2. The topological polar surface area (TPSA) is 85.8 Å². The van der Waals surface area contributed by atoms with Crippen molar-refractivity contribution in [3.63, 3.8) is 0 Å². The standard InChI is InChI=1S/C19H22N4O3/c1-2-18(24)21-16-7-6-14(13-15(16)19(25)26)22-9-11-23(12-10-22)17-5-3-4-8-20-17/h3-8,13H,2,9-12H2,1H3,(H,21,24)(H,25,26). The quantitative estimate of drug-likeness (QED) is 0.858. The molecule has 0 radical (unpaired) electrons. The first-order chi connectivity index (χ1) is 12.6. The van der Waals surface area contributed by atoms with Gasteiger partial charge < -0.3 is 20.2 Å². The number of piperazine rings is 1. The van der Waals surface area contributed by atoms with Crippen molar-refractivity contribution < 1.29 is 14.7 Å². The van der Waals surface area contributed by atoms with Crippen molar-refractivity contribution in [3.05, 3.63) is 48.2 Å². The third-order valence-corrected chi connectivity index (χ3v) is 4.45. The molecule has 0 spiro atoms. The molecule has 7 nitrogen and oxygen atoms in total. The van der Waals surface area contributed by atoms with E-state index in [0.29, 0.717) is 12.1 Å². The molecule has 1 aromatic carbocycles. The summed E-state index contributed by atoms with van der Waals surface area (Å²) in [4.78, 5) is 31.9.